The fourth-order valence-corrected chi connectivity index (χ4v) is 3.26. The minimum Gasteiger partial charge on any atom is -0.481 e. The molecule has 0 spiro atoms. The van der Waals surface area contributed by atoms with E-state index in [4.69, 9.17) is 5.11 Å². The SMILES string of the molecule is CCN(CC)c1nc(-c2ccc(F)cc2)c(CC(=O)O)s1. The third kappa shape index (κ3) is 3.58. The van der Waals surface area contributed by atoms with Crippen LogP contribution in [0.2, 0.25) is 0 Å². The van der Waals surface area contributed by atoms with Crippen LogP contribution in [-0.4, -0.2) is 29.1 Å². The highest BCUT2D eigenvalue weighted by atomic mass is 32.1. The summed E-state index contributed by atoms with van der Waals surface area (Å²) < 4.78 is 13.0. The van der Waals surface area contributed by atoms with Gasteiger partial charge in [0.1, 0.15) is 5.82 Å². The van der Waals surface area contributed by atoms with Gasteiger partial charge in [-0.1, -0.05) is 0 Å². The maximum atomic E-state index is 13.0. The van der Waals surface area contributed by atoms with Crippen molar-refractivity contribution in [2.75, 3.05) is 18.0 Å². The van der Waals surface area contributed by atoms with Crippen LogP contribution in [0.3, 0.4) is 0 Å². The second kappa shape index (κ2) is 6.67. The van der Waals surface area contributed by atoms with Crippen molar-refractivity contribution in [2.45, 2.75) is 20.3 Å². The van der Waals surface area contributed by atoms with E-state index in [2.05, 4.69) is 9.88 Å². The zero-order valence-corrected chi connectivity index (χ0v) is 12.8. The van der Waals surface area contributed by atoms with Gasteiger partial charge in [0.05, 0.1) is 12.1 Å². The summed E-state index contributed by atoms with van der Waals surface area (Å²) in [4.78, 5) is 18.4. The van der Waals surface area contributed by atoms with E-state index in [-0.39, 0.29) is 12.2 Å². The molecule has 0 aliphatic rings. The van der Waals surface area contributed by atoms with E-state index in [1.54, 1.807) is 12.1 Å². The highest BCUT2D eigenvalue weighted by Gasteiger charge is 2.18. The van der Waals surface area contributed by atoms with E-state index >= 15 is 0 Å². The molecule has 6 heteroatoms. The van der Waals surface area contributed by atoms with E-state index in [0.29, 0.717) is 10.6 Å². The molecule has 21 heavy (non-hydrogen) atoms. The number of thiazole rings is 1. The molecule has 4 nitrogen and oxygen atoms in total. The predicted octanol–water partition coefficient (Wildman–Crippen LogP) is 3.42. The molecule has 0 saturated carbocycles. The first-order valence-electron chi connectivity index (χ1n) is 6.77. The van der Waals surface area contributed by atoms with Crippen LogP contribution in [-0.2, 0) is 11.2 Å². The molecule has 0 amide bonds. The summed E-state index contributed by atoms with van der Waals surface area (Å²) in [6.45, 7) is 5.66. The summed E-state index contributed by atoms with van der Waals surface area (Å²) >= 11 is 1.38. The van der Waals surface area contributed by atoms with Gasteiger partial charge in [-0.05, 0) is 38.1 Å². The molecule has 1 heterocycles. The molecule has 112 valence electrons. The van der Waals surface area contributed by atoms with Gasteiger partial charge in [0.25, 0.3) is 0 Å². The molecule has 2 aromatic rings. The van der Waals surface area contributed by atoms with Gasteiger partial charge >= 0.3 is 5.97 Å². The Morgan fingerprint density at radius 3 is 2.43 bits per heavy atom. The Hall–Kier alpha value is -1.95. The zero-order valence-electron chi connectivity index (χ0n) is 12.0. The number of rotatable bonds is 6. The third-order valence-electron chi connectivity index (χ3n) is 3.15. The maximum Gasteiger partial charge on any atom is 0.308 e. The van der Waals surface area contributed by atoms with Crippen LogP contribution < -0.4 is 4.90 Å². The third-order valence-corrected chi connectivity index (χ3v) is 4.27. The molecule has 1 N–H and O–H groups in total. The molecule has 0 fully saturated rings. The summed E-state index contributed by atoms with van der Waals surface area (Å²) in [5.74, 6) is -1.22. The average molecular weight is 308 g/mol. The number of anilines is 1. The van der Waals surface area contributed by atoms with Gasteiger partial charge in [0, 0.05) is 23.5 Å². The van der Waals surface area contributed by atoms with Gasteiger partial charge < -0.3 is 10.0 Å². The summed E-state index contributed by atoms with van der Waals surface area (Å²) in [5, 5.41) is 9.85. The molecule has 0 aliphatic heterocycles. The van der Waals surface area contributed by atoms with Crippen molar-refractivity contribution in [3.05, 3.63) is 35.0 Å². The number of carboxylic acids is 1. The molecule has 0 radical (unpaired) electrons. The number of hydrogen-bond acceptors (Lipinski definition) is 4. The molecule has 0 unspecified atom stereocenters. The highest BCUT2D eigenvalue weighted by molar-refractivity contribution is 7.16. The topological polar surface area (TPSA) is 53.4 Å². The van der Waals surface area contributed by atoms with Crippen LogP contribution >= 0.6 is 11.3 Å². The smallest absolute Gasteiger partial charge is 0.308 e. The summed E-state index contributed by atoms with van der Waals surface area (Å²) in [6, 6.07) is 5.97. The molecule has 2 rings (SSSR count). The first-order chi connectivity index (χ1) is 10.0. The predicted molar refractivity (Wildman–Crippen MR) is 82.4 cm³/mol. The van der Waals surface area contributed by atoms with Gasteiger partial charge in [-0.25, -0.2) is 9.37 Å². The lowest BCUT2D eigenvalue weighted by atomic mass is 10.1. The maximum absolute atomic E-state index is 13.0. The summed E-state index contributed by atoms with van der Waals surface area (Å²) in [7, 11) is 0. The highest BCUT2D eigenvalue weighted by Crippen LogP contribution is 2.33. The van der Waals surface area contributed by atoms with Gasteiger partial charge in [0.2, 0.25) is 0 Å². The van der Waals surface area contributed by atoms with Crippen LogP contribution in [0.5, 0.6) is 0 Å². The molecular weight excluding hydrogens is 291 g/mol. The molecule has 0 saturated heterocycles. The molecular formula is C15H17FN2O2S. The first kappa shape index (κ1) is 15.4. The van der Waals surface area contributed by atoms with Crippen LogP contribution in [0.4, 0.5) is 9.52 Å². The Morgan fingerprint density at radius 1 is 1.29 bits per heavy atom. The summed E-state index contributed by atoms with van der Waals surface area (Å²) in [6.07, 6.45) is -0.0777. The molecule has 0 aliphatic carbocycles. The number of benzene rings is 1. The number of carbonyl (C=O) groups is 1. The lowest BCUT2D eigenvalue weighted by Gasteiger charge is -2.16. The van der Waals surface area contributed by atoms with Crippen LogP contribution in [0, 0.1) is 5.82 Å². The van der Waals surface area contributed by atoms with E-state index in [9.17, 15) is 9.18 Å². The normalized spacial score (nSPS) is 10.6. The van der Waals surface area contributed by atoms with Crippen molar-refractivity contribution in [1.29, 1.82) is 0 Å². The van der Waals surface area contributed by atoms with Crippen molar-refractivity contribution >= 4 is 22.4 Å². The molecule has 1 aromatic heterocycles. The molecule has 0 bridgehead atoms. The van der Waals surface area contributed by atoms with E-state index in [0.717, 1.165) is 23.8 Å². The van der Waals surface area contributed by atoms with E-state index in [1.165, 1.54) is 23.5 Å². The Balaban J connectivity index is 2.46. The Labute approximate surface area is 126 Å². The van der Waals surface area contributed by atoms with Crippen LogP contribution in [0.25, 0.3) is 11.3 Å². The van der Waals surface area contributed by atoms with Crippen LogP contribution in [0.1, 0.15) is 18.7 Å². The van der Waals surface area contributed by atoms with E-state index in [1.807, 2.05) is 13.8 Å². The van der Waals surface area contributed by atoms with Crippen molar-refractivity contribution < 1.29 is 14.3 Å². The lowest BCUT2D eigenvalue weighted by molar-refractivity contribution is -0.136. The van der Waals surface area contributed by atoms with Crippen molar-refractivity contribution in [3.8, 4) is 11.3 Å². The van der Waals surface area contributed by atoms with Crippen molar-refractivity contribution in [2.24, 2.45) is 0 Å². The standard InChI is InChI=1S/C15H17FN2O2S/c1-3-18(4-2)15-17-14(12(21-15)9-13(19)20)10-5-7-11(16)8-6-10/h5-8H,3-4,9H2,1-2H3,(H,19,20). The van der Waals surface area contributed by atoms with Gasteiger partial charge in [-0.15, -0.1) is 11.3 Å². The number of aliphatic carboxylic acids is 1. The number of nitrogens with zero attached hydrogens (tertiary/aromatic N) is 2. The first-order valence-corrected chi connectivity index (χ1v) is 7.59. The quantitative estimate of drug-likeness (QED) is 0.888. The molecule has 0 atom stereocenters. The zero-order chi connectivity index (χ0) is 15.4. The fourth-order valence-electron chi connectivity index (χ4n) is 2.06. The second-order valence-electron chi connectivity index (χ2n) is 4.52. The van der Waals surface area contributed by atoms with E-state index < -0.39 is 5.97 Å². The van der Waals surface area contributed by atoms with Gasteiger partial charge in [-0.3, -0.25) is 4.79 Å². The van der Waals surface area contributed by atoms with Crippen molar-refractivity contribution in [3.63, 3.8) is 0 Å². The van der Waals surface area contributed by atoms with Crippen LogP contribution in [0.15, 0.2) is 24.3 Å². The van der Waals surface area contributed by atoms with Crippen molar-refractivity contribution in [1.82, 2.24) is 4.98 Å². The Morgan fingerprint density at radius 2 is 1.90 bits per heavy atom. The average Bonchev–Trinajstić information content (AvgIpc) is 2.84. The van der Waals surface area contributed by atoms with Gasteiger partial charge in [-0.2, -0.15) is 0 Å². The largest absolute Gasteiger partial charge is 0.481 e. The summed E-state index contributed by atoms with van der Waals surface area (Å²) in [5.41, 5.74) is 1.37. The second-order valence-corrected chi connectivity index (χ2v) is 5.58. The molecule has 1 aromatic carbocycles. The lowest BCUT2D eigenvalue weighted by Crippen LogP contribution is -2.21. The fraction of sp³-hybridized carbons (Fsp3) is 0.333. The number of carboxylic acid groups (broad SMARTS) is 1. The minimum absolute atomic E-state index is 0.0777. The Bertz CT molecular complexity index is 621. The van der Waals surface area contributed by atoms with Gasteiger partial charge in [0.15, 0.2) is 5.13 Å². The monoisotopic (exact) mass is 308 g/mol. The number of halogens is 1. The number of hydrogen-bond donors (Lipinski definition) is 1. The minimum atomic E-state index is -0.895. The number of aromatic nitrogens is 1. The Kier molecular flexibility index (Phi) is 4.90.